The smallest absolute Gasteiger partial charge is 0.0233 e. The van der Waals surface area contributed by atoms with Crippen molar-refractivity contribution in [2.45, 2.75) is 57.2 Å². The lowest BCUT2D eigenvalue weighted by Crippen LogP contribution is -2.47. The van der Waals surface area contributed by atoms with Gasteiger partial charge in [-0.3, -0.25) is 4.90 Å². The fraction of sp³-hybridized carbons (Fsp3) is 0.684. The summed E-state index contributed by atoms with van der Waals surface area (Å²) in [7, 11) is 0. The van der Waals surface area contributed by atoms with Gasteiger partial charge < -0.3 is 5.32 Å². The van der Waals surface area contributed by atoms with Crippen molar-refractivity contribution in [2.24, 2.45) is 11.8 Å². The molecule has 2 nitrogen and oxygen atoms in total. The summed E-state index contributed by atoms with van der Waals surface area (Å²) in [6, 6.07) is 12.5. The largest absolute Gasteiger partial charge is 0.311 e. The number of rotatable bonds is 4. The molecule has 0 radical (unpaired) electrons. The van der Waals surface area contributed by atoms with Crippen LogP contribution >= 0.6 is 0 Å². The predicted octanol–water partition coefficient (Wildman–Crippen LogP) is 3.43. The van der Waals surface area contributed by atoms with Crippen LogP contribution in [0, 0.1) is 11.8 Å². The van der Waals surface area contributed by atoms with Crippen molar-refractivity contribution in [3.63, 3.8) is 0 Å². The number of hydrogen-bond acceptors (Lipinski definition) is 2. The molecule has 0 spiro atoms. The Labute approximate surface area is 128 Å². The van der Waals surface area contributed by atoms with Crippen LogP contribution in [0.25, 0.3) is 0 Å². The lowest BCUT2D eigenvalue weighted by atomic mass is 9.93. The summed E-state index contributed by atoms with van der Waals surface area (Å²) in [4.78, 5) is 2.62. The van der Waals surface area contributed by atoms with E-state index in [0.717, 1.165) is 30.5 Å². The van der Waals surface area contributed by atoms with Crippen LogP contribution in [0.4, 0.5) is 0 Å². The lowest BCUT2D eigenvalue weighted by molar-refractivity contribution is 0.175. The second-order valence-corrected chi connectivity index (χ2v) is 7.48. The molecule has 3 aliphatic rings. The number of benzene rings is 1. The van der Waals surface area contributed by atoms with Gasteiger partial charge in [-0.1, -0.05) is 36.8 Å². The Balaban J connectivity index is 1.23. The standard InChI is InChI=1S/C19H28N2/c1-2-4-15(5-3-1)14-21-10-8-18(9-11-21)20-19-13-16-6-7-17(19)12-16/h1-5,16-20H,6-14H2/t16-,17-,19-/m1/s1. The number of fused-ring (bicyclic) bond motifs is 2. The summed E-state index contributed by atoms with van der Waals surface area (Å²) in [6.07, 6.45) is 8.66. The Morgan fingerprint density at radius 3 is 2.43 bits per heavy atom. The van der Waals surface area contributed by atoms with Crippen molar-refractivity contribution in [1.82, 2.24) is 10.2 Å². The molecule has 2 aliphatic carbocycles. The maximum Gasteiger partial charge on any atom is 0.0233 e. The minimum absolute atomic E-state index is 0.779. The summed E-state index contributed by atoms with van der Waals surface area (Å²) >= 11 is 0. The molecule has 21 heavy (non-hydrogen) atoms. The van der Waals surface area contributed by atoms with E-state index in [1.807, 2.05) is 0 Å². The Morgan fingerprint density at radius 2 is 1.76 bits per heavy atom. The highest BCUT2D eigenvalue weighted by Gasteiger charge is 2.40. The minimum atomic E-state index is 0.779. The molecule has 0 amide bonds. The van der Waals surface area contributed by atoms with Gasteiger partial charge in [0.05, 0.1) is 0 Å². The van der Waals surface area contributed by atoms with Gasteiger partial charge in [0.15, 0.2) is 0 Å². The highest BCUT2D eigenvalue weighted by atomic mass is 15.1. The van der Waals surface area contributed by atoms with E-state index in [-0.39, 0.29) is 0 Å². The van der Waals surface area contributed by atoms with Crippen molar-refractivity contribution >= 4 is 0 Å². The highest BCUT2D eigenvalue weighted by Crippen LogP contribution is 2.44. The van der Waals surface area contributed by atoms with E-state index in [2.05, 4.69) is 40.5 Å². The average molecular weight is 284 g/mol. The van der Waals surface area contributed by atoms with E-state index in [9.17, 15) is 0 Å². The first kappa shape index (κ1) is 13.8. The Bertz CT molecular complexity index is 450. The fourth-order valence-electron chi connectivity index (χ4n) is 4.85. The monoisotopic (exact) mass is 284 g/mol. The zero-order valence-corrected chi connectivity index (χ0v) is 13.0. The molecular weight excluding hydrogens is 256 g/mol. The summed E-state index contributed by atoms with van der Waals surface area (Å²) in [5.74, 6) is 2.07. The summed E-state index contributed by atoms with van der Waals surface area (Å²) in [5.41, 5.74) is 1.46. The third-order valence-corrected chi connectivity index (χ3v) is 6.02. The van der Waals surface area contributed by atoms with E-state index in [1.165, 1.54) is 57.2 Å². The lowest BCUT2D eigenvalue weighted by Gasteiger charge is -2.35. The molecule has 4 rings (SSSR count). The Kier molecular flexibility index (Phi) is 4.00. The van der Waals surface area contributed by atoms with Gasteiger partial charge in [-0.25, -0.2) is 0 Å². The van der Waals surface area contributed by atoms with Crippen LogP contribution < -0.4 is 5.32 Å². The van der Waals surface area contributed by atoms with Gasteiger partial charge in [0.25, 0.3) is 0 Å². The van der Waals surface area contributed by atoms with Gasteiger partial charge >= 0.3 is 0 Å². The maximum atomic E-state index is 4.01. The molecule has 1 aliphatic heterocycles. The maximum absolute atomic E-state index is 4.01. The Morgan fingerprint density at radius 1 is 0.952 bits per heavy atom. The van der Waals surface area contributed by atoms with E-state index >= 15 is 0 Å². The minimum Gasteiger partial charge on any atom is -0.311 e. The number of likely N-dealkylation sites (tertiary alicyclic amines) is 1. The van der Waals surface area contributed by atoms with Gasteiger partial charge in [0.2, 0.25) is 0 Å². The van der Waals surface area contributed by atoms with Crippen molar-refractivity contribution in [2.75, 3.05) is 13.1 Å². The molecule has 1 heterocycles. The fourth-order valence-corrected chi connectivity index (χ4v) is 4.85. The van der Waals surface area contributed by atoms with Crippen molar-refractivity contribution < 1.29 is 0 Å². The van der Waals surface area contributed by atoms with Crippen LogP contribution in [0.2, 0.25) is 0 Å². The van der Waals surface area contributed by atoms with Gasteiger partial charge in [-0.15, -0.1) is 0 Å². The normalized spacial score (nSPS) is 33.6. The first-order valence-corrected chi connectivity index (χ1v) is 8.89. The van der Waals surface area contributed by atoms with Crippen LogP contribution in [0.15, 0.2) is 30.3 Å². The zero-order chi connectivity index (χ0) is 14.1. The van der Waals surface area contributed by atoms with Crippen LogP contribution in [0.1, 0.15) is 44.1 Å². The molecule has 114 valence electrons. The van der Waals surface area contributed by atoms with Crippen molar-refractivity contribution in [1.29, 1.82) is 0 Å². The summed E-state index contributed by atoms with van der Waals surface area (Å²) in [5, 5.41) is 4.01. The second kappa shape index (κ2) is 6.10. The molecule has 0 unspecified atom stereocenters. The van der Waals surface area contributed by atoms with E-state index in [4.69, 9.17) is 0 Å². The van der Waals surface area contributed by atoms with Crippen LogP contribution in [0.3, 0.4) is 0 Å². The van der Waals surface area contributed by atoms with E-state index < -0.39 is 0 Å². The summed E-state index contributed by atoms with van der Waals surface area (Å²) < 4.78 is 0. The number of piperidine rings is 1. The average Bonchev–Trinajstić information content (AvgIpc) is 3.13. The van der Waals surface area contributed by atoms with Crippen LogP contribution in [-0.2, 0) is 6.54 Å². The number of nitrogens with one attached hydrogen (secondary N) is 1. The van der Waals surface area contributed by atoms with Gasteiger partial charge in [0, 0.05) is 18.6 Å². The Hall–Kier alpha value is -0.860. The molecule has 1 aromatic carbocycles. The molecule has 2 heteroatoms. The van der Waals surface area contributed by atoms with Crippen molar-refractivity contribution in [3.8, 4) is 0 Å². The molecule has 1 N–H and O–H groups in total. The molecule has 3 fully saturated rings. The first-order chi connectivity index (χ1) is 10.4. The number of nitrogens with zero attached hydrogens (tertiary/aromatic N) is 1. The topological polar surface area (TPSA) is 15.3 Å². The quantitative estimate of drug-likeness (QED) is 0.911. The highest BCUT2D eigenvalue weighted by molar-refractivity contribution is 5.14. The SMILES string of the molecule is c1ccc(CN2CCC(N[C@@H]3C[C@@H]4CC[C@@H]3C4)CC2)cc1. The van der Waals surface area contributed by atoms with Gasteiger partial charge in [-0.2, -0.15) is 0 Å². The molecular formula is C19H28N2. The second-order valence-electron chi connectivity index (χ2n) is 7.48. The third kappa shape index (κ3) is 3.17. The molecule has 2 bridgehead atoms. The van der Waals surface area contributed by atoms with E-state index in [1.54, 1.807) is 0 Å². The van der Waals surface area contributed by atoms with Crippen molar-refractivity contribution in [3.05, 3.63) is 35.9 Å². The number of hydrogen-bond donors (Lipinski definition) is 1. The van der Waals surface area contributed by atoms with Crippen LogP contribution in [0.5, 0.6) is 0 Å². The molecule has 0 aromatic heterocycles. The molecule has 2 saturated carbocycles. The third-order valence-electron chi connectivity index (χ3n) is 6.02. The molecule has 1 saturated heterocycles. The predicted molar refractivity (Wildman–Crippen MR) is 87.1 cm³/mol. The van der Waals surface area contributed by atoms with E-state index in [0.29, 0.717) is 0 Å². The van der Waals surface area contributed by atoms with Gasteiger partial charge in [-0.05, 0) is 62.6 Å². The molecule has 3 atom stereocenters. The summed E-state index contributed by atoms with van der Waals surface area (Å²) in [6.45, 7) is 3.64. The molecule has 1 aromatic rings. The van der Waals surface area contributed by atoms with Crippen LogP contribution in [-0.4, -0.2) is 30.1 Å². The zero-order valence-electron chi connectivity index (χ0n) is 13.0. The van der Waals surface area contributed by atoms with Gasteiger partial charge in [0.1, 0.15) is 0 Å². The first-order valence-electron chi connectivity index (χ1n) is 8.89.